The van der Waals surface area contributed by atoms with Crippen LogP contribution in [-0.4, -0.2) is 25.0 Å². The van der Waals surface area contributed by atoms with Crippen LogP contribution in [0.25, 0.3) is 0 Å². The van der Waals surface area contributed by atoms with Crippen molar-refractivity contribution in [3.8, 4) is 5.75 Å². The van der Waals surface area contributed by atoms with Crippen LogP contribution >= 0.6 is 0 Å². The van der Waals surface area contributed by atoms with Gasteiger partial charge >= 0.3 is 0 Å². The van der Waals surface area contributed by atoms with Crippen molar-refractivity contribution in [2.24, 2.45) is 5.92 Å². The molecule has 1 N–H and O–H groups in total. The Bertz CT molecular complexity index is 549. The van der Waals surface area contributed by atoms with Gasteiger partial charge in [-0.25, -0.2) is 8.78 Å². The van der Waals surface area contributed by atoms with Crippen molar-refractivity contribution in [3.05, 3.63) is 29.3 Å². The number of halogens is 2. The maximum atomic E-state index is 13.7. The molecule has 114 valence electrons. The van der Waals surface area contributed by atoms with Gasteiger partial charge in [0.05, 0.1) is 12.7 Å². The van der Waals surface area contributed by atoms with E-state index in [9.17, 15) is 13.6 Å². The summed E-state index contributed by atoms with van der Waals surface area (Å²) in [5, 5.41) is 3.51. The number of piperidine rings is 2. The van der Waals surface area contributed by atoms with Crippen molar-refractivity contribution in [1.29, 1.82) is 0 Å². The lowest BCUT2D eigenvalue weighted by Crippen LogP contribution is -2.50. The van der Waals surface area contributed by atoms with Gasteiger partial charge in [0.15, 0.2) is 17.3 Å². The Balaban J connectivity index is 1.88. The first-order valence-electron chi connectivity index (χ1n) is 7.41. The molecule has 2 fully saturated rings. The SMILES string of the molecule is COc1c(F)cc(F)cc1C(=O)C1CC2CCCC(C1)N2. The third-order valence-corrected chi connectivity index (χ3v) is 4.56. The first kappa shape index (κ1) is 14.4. The van der Waals surface area contributed by atoms with Crippen molar-refractivity contribution in [2.75, 3.05) is 7.11 Å². The largest absolute Gasteiger partial charge is 0.493 e. The van der Waals surface area contributed by atoms with Crippen LogP contribution < -0.4 is 10.1 Å². The van der Waals surface area contributed by atoms with E-state index >= 15 is 0 Å². The summed E-state index contributed by atoms with van der Waals surface area (Å²) >= 11 is 0. The molecule has 0 aromatic heterocycles. The summed E-state index contributed by atoms with van der Waals surface area (Å²) in [7, 11) is 1.30. The highest BCUT2D eigenvalue weighted by atomic mass is 19.1. The van der Waals surface area contributed by atoms with E-state index in [0.29, 0.717) is 12.1 Å². The van der Waals surface area contributed by atoms with Crippen LogP contribution in [0.1, 0.15) is 42.5 Å². The molecule has 2 aliphatic rings. The molecule has 1 aromatic rings. The van der Waals surface area contributed by atoms with E-state index in [0.717, 1.165) is 37.8 Å². The molecule has 5 heteroatoms. The molecule has 2 bridgehead atoms. The lowest BCUT2D eigenvalue weighted by atomic mass is 9.77. The first-order chi connectivity index (χ1) is 10.1. The quantitative estimate of drug-likeness (QED) is 0.871. The molecule has 21 heavy (non-hydrogen) atoms. The molecular formula is C16H19F2NO2. The van der Waals surface area contributed by atoms with Crippen LogP contribution in [-0.2, 0) is 0 Å². The summed E-state index contributed by atoms with van der Waals surface area (Å²) < 4.78 is 32.1. The fourth-order valence-corrected chi connectivity index (χ4v) is 3.65. The third kappa shape index (κ3) is 2.79. The minimum atomic E-state index is -0.824. The third-order valence-electron chi connectivity index (χ3n) is 4.56. The Morgan fingerprint density at radius 2 is 1.90 bits per heavy atom. The number of methoxy groups -OCH3 is 1. The summed E-state index contributed by atoms with van der Waals surface area (Å²) in [4.78, 5) is 12.7. The van der Waals surface area contributed by atoms with Gasteiger partial charge in [-0.1, -0.05) is 6.42 Å². The number of nitrogens with one attached hydrogen (secondary N) is 1. The summed E-state index contributed by atoms with van der Waals surface area (Å²) in [6, 6.07) is 2.51. The number of ether oxygens (including phenoxy) is 1. The monoisotopic (exact) mass is 295 g/mol. The van der Waals surface area contributed by atoms with Gasteiger partial charge in [0.1, 0.15) is 5.82 Å². The number of hydrogen-bond acceptors (Lipinski definition) is 3. The highest BCUT2D eigenvalue weighted by molar-refractivity contribution is 6.00. The number of carbonyl (C=O) groups is 1. The zero-order chi connectivity index (χ0) is 15.0. The molecule has 0 radical (unpaired) electrons. The second-order valence-corrected chi connectivity index (χ2v) is 5.99. The molecule has 2 saturated heterocycles. The Morgan fingerprint density at radius 3 is 2.52 bits per heavy atom. The molecule has 2 unspecified atom stereocenters. The van der Waals surface area contributed by atoms with Crippen molar-refractivity contribution in [2.45, 2.75) is 44.2 Å². The average molecular weight is 295 g/mol. The summed E-state index contributed by atoms with van der Waals surface area (Å²) in [6.45, 7) is 0. The maximum absolute atomic E-state index is 13.7. The fourth-order valence-electron chi connectivity index (χ4n) is 3.65. The number of carbonyl (C=O) groups excluding carboxylic acids is 1. The zero-order valence-corrected chi connectivity index (χ0v) is 12.0. The van der Waals surface area contributed by atoms with Crippen LogP contribution in [0.4, 0.5) is 8.78 Å². The zero-order valence-electron chi connectivity index (χ0n) is 12.0. The second-order valence-electron chi connectivity index (χ2n) is 5.99. The molecule has 1 aromatic carbocycles. The van der Waals surface area contributed by atoms with Gasteiger partial charge in [-0.2, -0.15) is 0 Å². The average Bonchev–Trinajstić information content (AvgIpc) is 2.45. The second kappa shape index (κ2) is 5.72. The van der Waals surface area contributed by atoms with Gasteiger partial charge in [0.2, 0.25) is 0 Å². The van der Waals surface area contributed by atoms with Crippen molar-refractivity contribution in [1.82, 2.24) is 5.32 Å². The van der Waals surface area contributed by atoms with E-state index in [1.807, 2.05) is 0 Å². The predicted molar refractivity (Wildman–Crippen MR) is 74.5 cm³/mol. The number of hydrogen-bond donors (Lipinski definition) is 1. The number of ketones is 1. The molecule has 2 heterocycles. The van der Waals surface area contributed by atoms with Crippen LogP contribution in [0, 0.1) is 17.6 Å². The summed E-state index contributed by atoms with van der Waals surface area (Å²) in [5.74, 6) is -2.11. The van der Waals surface area contributed by atoms with Gasteiger partial charge in [-0.3, -0.25) is 4.79 Å². The normalized spacial score (nSPS) is 28.2. The maximum Gasteiger partial charge on any atom is 0.170 e. The van der Waals surface area contributed by atoms with Gasteiger partial charge in [-0.15, -0.1) is 0 Å². The lowest BCUT2D eigenvalue weighted by Gasteiger charge is -2.39. The molecule has 0 aliphatic carbocycles. The van der Waals surface area contributed by atoms with Crippen LogP contribution in [0.3, 0.4) is 0 Å². The summed E-state index contributed by atoms with van der Waals surface area (Å²) in [5.41, 5.74) is 0.0278. The van der Waals surface area contributed by atoms with Crippen molar-refractivity contribution < 1.29 is 18.3 Å². The van der Waals surface area contributed by atoms with E-state index in [2.05, 4.69) is 5.32 Å². The molecular weight excluding hydrogens is 276 g/mol. The molecule has 0 spiro atoms. The molecule has 0 saturated carbocycles. The Morgan fingerprint density at radius 1 is 1.24 bits per heavy atom. The van der Waals surface area contributed by atoms with Crippen LogP contribution in [0.15, 0.2) is 12.1 Å². The lowest BCUT2D eigenvalue weighted by molar-refractivity contribution is 0.0820. The van der Waals surface area contributed by atoms with E-state index in [1.54, 1.807) is 0 Å². The van der Waals surface area contributed by atoms with Gasteiger partial charge in [0, 0.05) is 24.1 Å². The fraction of sp³-hybridized carbons (Fsp3) is 0.562. The number of benzene rings is 1. The first-order valence-corrected chi connectivity index (χ1v) is 7.41. The van der Waals surface area contributed by atoms with E-state index in [4.69, 9.17) is 4.74 Å². The van der Waals surface area contributed by atoms with Crippen LogP contribution in [0.5, 0.6) is 5.75 Å². The predicted octanol–water partition coefficient (Wildman–Crippen LogP) is 3.08. The Kier molecular flexibility index (Phi) is 3.93. The molecule has 2 atom stereocenters. The molecule has 0 amide bonds. The number of Topliss-reactive ketones (excluding diaryl/α,β-unsaturated/α-hetero) is 1. The minimum absolute atomic E-state index is 0.0278. The molecule has 2 aliphatic heterocycles. The standard InChI is InChI=1S/C16H19F2NO2/c1-21-16-13(7-10(17)8-14(16)18)15(20)9-5-11-3-2-4-12(6-9)19-11/h7-9,11-12,19H,2-6H2,1H3. The topological polar surface area (TPSA) is 38.3 Å². The van der Waals surface area contributed by atoms with Crippen molar-refractivity contribution >= 4 is 5.78 Å². The smallest absolute Gasteiger partial charge is 0.170 e. The van der Waals surface area contributed by atoms with E-state index in [-0.39, 0.29) is 23.0 Å². The van der Waals surface area contributed by atoms with Gasteiger partial charge in [0.25, 0.3) is 0 Å². The highest BCUT2D eigenvalue weighted by Crippen LogP contribution is 2.34. The molecule has 3 nitrogen and oxygen atoms in total. The Labute approximate surface area is 122 Å². The van der Waals surface area contributed by atoms with E-state index < -0.39 is 11.6 Å². The minimum Gasteiger partial charge on any atom is -0.493 e. The Hall–Kier alpha value is -1.49. The van der Waals surface area contributed by atoms with Gasteiger partial charge in [-0.05, 0) is 31.7 Å². The number of rotatable bonds is 3. The van der Waals surface area contributed by atoms with Gasteiger partial charge < -0.3 is 10.1 Å². The van der Waals surface area contributed by atoms with E-state index in [1.165, 1.54) is 13.5 Å². The summed E-state index contributed by atoms with van der Waals surface area (Å²) in [6.07, 6.45) is 4.78. The van der Waals surface area contributed by atoms with Crippen LogP contribution in [0.2, 0.25) is 0 Å². The molecule has 3 rings (SSSR count). The van der Waals surface area contributed by atoms with Crippen molar-refractivity contribution in [3.63, 3.8) is 0 Å². The number of fused-ring (bicyclic) bond motifs is 2. The highest BCUT2D eigenvalue weighted by Gasteiger charge is 2.36.